The maximum Gasteiger partial charge on any atom is 0.247 e. The number of nitrogens with one attached hydrogen (secondary N) is 2. The molecule has 3 amide bonds. The number of piperazine rings is 1. The Morgan fingerprint density at radius 1 is 1.02 bits per heavy atom. The van der Waals surface area contributed by atoms with Crippen molar-refractivity contribution in [1.82, 2.24) is 25.3 Å². The highest BCUT2D eigenvalue weighted by Gasteiger charge is 2.49. The maximum atomic E-state index is 14.5. The van der Waals surface area contributed by atoms with Crippen LogP contribution in [0.15, 0.2) is 67.0 Å². The molecule has 0 saturated carbocycles. The number of fused-ring (bicyclic) bond motifs is 1. The van der Waals surface area contributed by atoms with Crippen LogP contribution < -0.4 is 10.6 Å². The Labute approximate surface area is 236 Å². The van der Waals surface area contributed by atoms with Crippen LogP contribution in [0.1, 0.15) is 63.8 Å². The summed E-state index contributed by atoms with van der Waals surface area (Å²) in [6, 6.07) is 15.1. The van der Waals surface area contributed by atoms with E-state index >= 15 is 0 Å². The Balaban J connectivity index is 1.55. The van der Waals surface area contributed by atoms with Gasteiger partial charge >= 0.3 is 0 Å². The van der Waals surface area contributed by atoms with Crippen LogP contribution in [0, 0.1) is 11.8 Å². The van der Waals surface area contributed by atoms with E-state index in [1.54, 1.807) is 15.8 Å². The number of nitrogens with zero attached hydrogens (tertiary/aromatic N) is 3. The van der Waals surface area contributed by atoms with E-state index < -0.39 is 23.7 Å². The minimum atomic E-state index is -0.959. The van der Waals surface area contributed by atoms with Crippen LogP contribution in [-0.4, -0.2) is 50.0 Å². The van der Waals surface area contributed by atoms with Crippen LogP contribution in [0.2, 0.25) is 0 Å². The molecule has 5 rings (SSSR count). The van der Waals surface area contributed by atoms with E-state index in [0.29, 0.717) is 24.8 Å². The lowest BCUT2D eigenvalue weighted by atomic mass is 9.87. The van der Waals surface area contributed by atoms with Gasteiger partial charge in [0.1, 0.15) is 18.1 Å². The first kappa shape index (κ1) is 27.6. The molecule has 1 aromatic heterocycles. The van der Waals surface area contributed by atoms with Crippen molar-refractivity contribution in [1.29, 1.82) is 0 Å². The van der Waals surface area contributed by atoms with Gasteiger partial charge in [0.05, 0.1) is 5.69 Å². The molecule has 2 aromatic carbocycles. The fourth-order valence-corrected chi connectivity index (χ4v) is 5.98. The van der Waals surface area contributed by atoms with Crippen molar-refractivity contribution in [2.75, 3.05) is 0 Å². The average molecular weight is 542 g/mol. The van der Waals surface area contributed by atoms with E-state index in [1.807, 2.05) is 83.3 Å². The quantitative estimate of drug-likeness (QED) is 0.473. The van der Waals surface area contributed by atoms with Gasteiger partial charge in [0, 0.05) is 17.9 Å². The molecule has 1 aliphatic heterocycles. The standard InChI is InChI=1S/C32H39N5O3/c1-20(2)17-26-29(38)34-27(24-18-22-9-6-7-10-23(22)19-24)31(40)37(26)28(30(39)35-32(3,4)5)21-11-13-25(14-12-21)36-16-8-15-33-36/h6-16,20,24,26-28H,17-19H2,1-5H3,(H,34,38)(H,35,39)/t26-,27?,28-/m1/s1. The third kappa shape index (κ3) is 5.67. The van der Waals surface area contributed by atoms with Crippen molar-refractivity contribution in [3.05, 3.63) is 83.7 Å². The lowest BCUT2D eigenvalue weighted by molar-refractivity contribution is -0.158. The van der Waals surface area contributed by atoms with Gasteiger partial charge < -0.3 is 15.5 Å². The lowest BCUT2D eigenvalue weighted by Crippen LogP contribution is -2.67. The normalized spacial score (nSPS) is 20.4. The molecule has 0 bridgehead atoms. The van der Waals surface area contributed by atoms with Gasteiger partial charge in [-0.1, -0.05) is 50.2 Å². The zero-order chi connectivity index (χ0) is 28.6. The Morgan fingerprint density at radius 2 is 1.68 bits per heavy atom. The monoisotopic (exact) mass is 541 g/mol. The highest BCUT2D eigenvalue weighted by molar-refractivity contribution is 6.00. The van der Waals surface area contributed by atoms with E-state index in [4.69, 9.17) is 0 Å². The van der Waals surface area contributed by atoms with Crippen molar-refractivity contribution >= 4 is 17.7 Å². The van der Waals surface area contributed by atoms with Gasteiger partial charge in [-0.2, -0.15) is 5.10 Å². The minimum Gasteiger partial charge on any atom is -0.349 e. The van der Waals surface area contributed by atoms with Gasteiger partial charge in [-0.25, -0.2) is 4.68 Å². The van der Waals surface area contributed by atoms with Crippen molar-refractivity contribution in [2.24, 2.45) is 11.8 Å². The van der Waals surface area contributed by atoms with E-state index in [9.17, 15) is 14.4 Å². The minimum absolute atomic E-state index is 0.0649. The highest BCUT2D eigenvalue weighted by Crippen LogP contribution is 2.35. The predicted molar refractivity (Wildman–Crippen MR) is 154 cm³/mol. The second-order valence-electron chi connectivity index (χ2n) is 12.5. The molecule has 1 saturated heterocycles. The third-order valence-electron chi connectivity index (χ3n) is 7.71. The molecule has 2 N–H and O–H groups in total. The van der Waals surface area contributed by atoms with Crippen LogP contribution in [0.4, 0.5) is 0 Å². The number of benzene rings is 2. The Kier molecular flexibility index (Phi) is 7.53. The largest absolute Gasteiger partial charge is 0.349 e. The molecule has 2 aliphatic rings. The number of carbonyl (C=O) groups excluding carboxylic acids is 3. The smallest absolute Gasteiger partial charge is 0.247 e. The number of rotatable bonds is 7. The van der Waals surface area contributed by atoms with Crippen molar-refractivity contribution in [3.8, 4) is 5.69 Å². The Morgan fingerprint density at radius 3 is 2.23 bits per heavy atom. The first-order valence-electron chi connectivity index (χ1n) is 14.1. The van der Waals surface area contributed by atoms with E-state index in [1.165, 1.54) is 11.1 Å². The molecular weight excluding hydrogens is 502 g/mol. The molecular formula is C32H39N5O3. The summed E-state index contributed by atoms with van der Waals surface area (Å²) in [5, 5.41) is 10.5. The predicted octanol–water partition coefficient (Wildman–Crippen LogP) is 3.98. The van der Waals surface area contributed by atoms with Crippen molar-refractivity contribution in [3.63, 3.8) is 0 Å². The Bertz CT molecular complexity index is 1350. The fourth-order valence-electron chi connectivity index (χ4n) is 5.98. The van der Waals surface area contributed by atoms with E-state index in [-0.39, 0.29) is 29.6 Å². The van der Waals surface area contributed by atoms with Gasteiger partial charge in [0.2, 0.25) is 17.7 Å². The first-order valence-corrected chi connectivity index (χ1v) is 14.1. The summed E-state index contributed by atoms with van der Waals surface area (Å²) in [5.74, 6) is -0.620. The second kappa shape index (κ2) is 10.9. The average Bonchev–Trinajstić information content (AvgIpc) is 3.57. The SMILES string of the molecule is CC(C)C[C@@H]1C(=O)NC(C2Cc3ccccc3C2)C(=O)N1[C@@H](C(=O)NC(C)(C)C)c1ccc(-n2cccn2)cc1. The van der Waals surface area contributed by atoms with Crippen LogP contribution in [0.3, 0.4) is 0 Å². The summed E-state index contributed by atoms with van der Waals surface area (Å²) in [6.45, 7) is 9.80. The molecule has 0 spiro atoms. The Hall–Kier alpha value is -3.94. The summed E-state index contributed by atoms with van der Waals surface area (Å²) in [4.78, 5) is 43.8. The third-order valence-corrected chi connectivity index (χ3v) is 7.71. The highest BCUT2D eigenvalue weighted by atomic mass is 16.2. The molecule has 40 heavy (non-hydrogen) atoms. The molecule has 8 heteroatoms. The molecule has 3 aromatic rings. The molecule has 0 radical (unpaired) electrons. The maximum absolute atomic E-state index is 14.5. The zero-order valence-electron chi connectivity index (χ0n) is 23.9. The van der Waals surface area contributed by atoms with Gasteiger partial charge in [0.25, 0.3) is 0 Å². The van der Waals surface area contributed by atoms with Crippen LogP contribution >= 0.6 is 0 Å². The van der Waals surface area contributed by atoms with Gasteiger partial charge in [0.15, 0.2) is 0 Å². The second-order valence-corrected chi connectivity index (χ2v) is 12.5. The molecule has 1 aliphatic carbocycles. The number of amides is 3. The van der Waals surface area contributed by atoms with Crippen LogP contribution in [-0.2, 0) is 27.2 Å². The topological polar surface area (TPSA) is 96.3 Å². The summed E-state index contributed by atoms with van der Waals surface area (Å²) >= 11 is 0. The number of aromatic nitrogens is 2. The molecule has 2 heterocycles. The summed E-state index contributed by atoms with van der Waals surface area (Å²) in [6.07, 6.45) is 5.44. The molecule has 210 valence electrons. The van der Waals surface area contributed by atoms with Crippen LogP contribution in [0.5, 0.6) is 0 Å². The zero-order valence-corrected chi connectivity index (χ0v) is 23.9. The fraction of sp³-hybridized carbons (Fsp3) is 0.438. The van der Waals surface area contributed by atoms with Gasteiger partial charge in [-0.15, -0.1) is 0 Å². The summed E-state index contributed by atoms with van der Waals surface area (Å²) in [7, 11) is 0. The lowest BCUT2D eigenvalue weighted by Gasteiger charge is -2.45. The van der Waals surface area contributed by atoms with Crippen LogP contribution in [0.25, 0.3) is 5.69 Å². The number of carbonyl (C=O) groups is 3. The van der Waals surface area contributed by atoms with E-state index in [2.05, 4.69) is 27.9 Å². The van der Waals surface area contributed by atoms with E-state index in [0.717, 1.165) is 5.69 Å². The summed E-state index contributed by atoms with van der Waals surface area (Å²) < 4.78 is 1.74. The molecule has 1 fully saturated rings. The summed E-state index contributed by atoms with van der Waals surface area (Å²) in [5.41, 5.74) is 3.39. The number of hydrogen-bond donors (Lipinski definition) is 2. The molecule has 3 atom stereocenters. The van der Waals surface area contributed by atoms with Gasteiger partial charge in [-0.05, 0) is 86.8 Å². The molecule has 1 unspecified atom stereocenters. The molecule has 8 nitrogen and oxygen atoms in total. The van der Waals surface area contributed by atoms with Crippen molar-refractivity contribution in [2.45, 2.75) is 77.5 Å². The first-order chi connectivity index (χ1) is 19.0. The van der Waals surface area contributed by atoms with Crippen molar-refractivity contribution < 1.29 is 14.4 Å². The van der Waals surface area contributed by atoms with Gasteiger partial charge in [-0.3, -0.25) is 14.4 Å². The number of hydrogen-bond acceptors (Lipinski definition) is 4.